The van der Waals surface area contributed by atoms with Gasteiger partial charge in [-0.1, -0.05) is 27.2 Å². The topological polar surface area (TPSA) is 0 Å². The van der Waals surface area contributed by atoms with Crippen LogP contribution in [0.2, 0.25) is 5.82 Å². The lowest BCUT2D eigenvalue weighted by Crippen LogP contribution is -2.54. The minimum atomic E-state index is 0.627. The molecule has 3 aliphatic rings. The zero-order valence-electron chi connectivity index (χ0n) is 8.31. The van der Waals surface area contributed by atoms with Crippen LogP contribution in [-0.2, 0) is 0 Å². The molecule has 3 fully saturated rings. The predicted molar refractivity (Wildman–Crippen MR) is 55.9 cm³/mol. The molecular weight excluding hydrogens is 166 g/mol. The van der Waals surface area contributed by atoms with E-state index in [4.69, 9.17) is 11.5 Å². The van der Waals surface area contributed by atoms with Crippen molar-refractivity contribution in [3.05, 3.63) is 0 Å². The number of halogens is 1. The van der Waals surface area contributed by atoms with Crippen LogP contribution in [0.1, 0.15) is 33.6 Å². The minimum Gasteiger partial charge on any atom is -0.201 e. The monoisotopic (exact) mass is 184 g/mol. The smallest absolute Gasteiger partial charge is 0.201 e. The van der Waals surface area contributed by atoms with Gasteiger partial charge in [0.05, 0.1) is 0 Å². The summed E-state index contributed by atoms with van der Waals surface area (Å²) in [7, 11) is 0. The van der Waals surface area contributed by atoms with Crippen LogP contribution in [0.3, 0.4) is 0 Å². The van der Waals surface area contributed by atoms with Crippen molar-refractivity contribution in [1.82, 2.24) is 0 Å². The highest BCUT2D eigenvalue weighted by Crippen LogP contribution is 2.64. The van der Waals surface area contributed by atoms with E-state index in [9.17, 15) is 0 Å². The molecule has 0 aromatic heterocycles. The molecule has 0 aliphatic heterocycles. The fourth-order valence-electron chi connectivity index (χ4n) is 3.46. The summed E-state index contributed by atoms with van der Waals surface area (Å²) in [5, 5.41) is 0. The van der Waals surface area contributed by atoms with Gasteiger partial charge in [-0.2, -0.15) is 0 Å². The molecule has 3 rings (SSSR count). The second kappa shape index (κ2) is 2.67. The molecule has 3 saturated carbocycles. The largest absolute Gasteiger partial charge is 0.236 e. The fourth-order valence-corrected chi connectivity index (χ4v) is 3.87. The molecule has 0 heterocycles. The molecule has 0 saturated heterocycles. The van der Waals surface area contributed by atoms with Gasteiger partial charge in [-0.25, -0.2) is 11.5 Å². The maximum atomic E-state index is 5.95. The average molecular weight is 185 g/mol. The van der Waals surface area contributed by atoms with E-state index in [1.807, 2.05) is 0 Å². The molecule has 4 atom stereocenters. The Balaban J connectivity index is 2.11. The molecule has 0 N–H and O–H groups in total. The van der Waals surface area contributed by atoms with Crippen molar-refractivity contribution in [2.45, 2.75) is 39.4 Å². The van der Waals surface area contributed by atoms with Gasteiger partial charge in [-0.05, 0) is 35.4 Å². The molecule has 0 aromatic rings. The normalized spacial score (nSPS) is 49.7. The van der Waals surface area contributed by atoms with Gasteiger partial charge in [-0.15, -0.1) is 0 Å². The molecule has 2 unspecified atom stereocenters. The summed E-state index contributed by atoms with van der Waals surface area (Å²) >= 11 is 5.95. The van der Waals surface area contributed by atoms with Crippen LogP contribution in [0, 0.1) is 23.2 Å². The van der Waals surface area contributed by atoms with Gasteiger partial charge in [0.1, 0.15) is 0 Å². The van der Waals surface area contributed by atoms with Crippen LogP contribution in [0.15, 0.2) is 0 Å². The van der Waals surface area contributed by atoms with Crippen molar-refractivity contribution in [3.63, 3.8) is 0 Å². The minimum absolute atomic E-state index is 0.627. The summed E-state index contributed by atoms with van der Waals surface area (Å²) < 4.78 is 0. The Morgan fingerprint density at radius 2 is 2.00 bits per heavy atom. The highest BCUT2D eigenvalue weighted by molar-refractivity contribution is 6.94. The second-order valence-electron chi connectivity index (χ2n) is 5.37. The van der Waals surface area contributed by atoms with Crippen LogP contribution in [0.4, 0.5) is 0 Å². The lowest BCUT2D eigenvalue weighted by molar-refractivity contribution is -0.0982. The first-order valence-corrected chi connectivity index (χ1v) is 5.66. The molecular formula is C10H18BCl. The summed E-state index contributed by atoms with van der Waals surface area (Å²) in [4.78, 5) is 0. The Morgan fingerprint density at radius 1 is 1.33 bits per heavy atom. The Labute approximate surface area is 81.2 Å². The Hall–Kier alpha value is 0.355. The number of rotatable bonds is 1. The zero-order chi connectivity index (χ0) is 8.93. The van der Waals surface area contributed by atoms with E-state index in [0.29, 0.717) is 5.41 Å². The zero-order valence-corrected chi connectivity index (χ0v) is 9.06. The van der Waals surface area contributed by atoms with E-state index in [0.717, 1.165) is 30.3 Å². The van der Waals surface area contributed by atoms with Crippen LogP contribution < -0.4 is 0 Å². The van der Waals surface area contributed by atoms with Crippen molar-refractivity contribution in [2.24, 2.45) is 23.2 Å². The first kappa shape index (κ1) is 8.93. The van der Waals surface area contributed by atoms with Gasteiger partial charge in [0.15, 0.2) is 0 Å². The first-order valence-electron chi connectivity index (χ1n) is 5.13. The summed E-state index contributed by atoms with van der Waals surface area (Å²) in [6, 6.07) is 0. The van der Waals surface area contributed by atoms with Crippen LogP contribution in [0.5, 0.6) is 0 Å². The third kappa shape index (κ3) is 0.983. The van der Waals surface area contributed by atoms with Gasteiger partial charge in [-0.3, -0.25) is 0 Å². The number of hydrogen-bond acceptors (Lipinski definition) is 0. The molecule has 0 spiro atoms. The van der Waals surface area contributed by atoms with Gasteiger partial charge < -0.3 is 0 Å². The molecule has 0 amide bonds. The SMILES string of the molecule is C[C@H]1C2CC(C[C@@H]1BCl)C2(C)C. The molecule has 3 aliphatic carbocycles. The summed E-state index contributed by atoms with van der Waals surface area (Å²) in [6.45, 7) is 8.15. The predicted octanol–water partition coefficient (Wildman–Crippen LogP) is 3.07. The van der Waals surface area contributed by atoms with E-state index >= 15 is 0 Å². The van der Waals surface area contributed by atoms with E-state index in [1.54, 1.807) is 0 Å². The molecule has 0 nitrogen and oxygen atoms in total. The maximum absolute atomic E-state index is 5.95. The van der Waals surface area contributed by atoms with Crippen LogP contribution in [0.25, 0.3) is 0 Å². The van der Waals surface area contributed by atoms with Gasteiger partial charge >= 0.3 is 0 Å². The summed E-state index contributed by atoms with van der Waals surface area (Å²) in [5.74, 6) is 3.60. The lowest BCUT2D eigenvalue weighted by Gasteiger charge is -2.62. The molecule has 2 bridgehead atoms. The first-order chi connectivity index (χ1) is 5.57. The van der Waals surface area contributed by atoms with E-state index in [-0.39, 0.29) is 0 Å². The van der Waals surface area contributed by atoms with Crippen molar-refractivity contribution in [3.8, 4) is 0 Å². The van der Waals surface area contributed by atoms with E-state index < -0.39 is 0 Å². The van der Waals surface area contributed by atoms with Crippen molar-refractivity contribution >= 4 is 18.2 Å². The van der Waals surface area contributed by atoms with E-state index in [1.165, 1.54) is 12.8 Å². The molecule has 12 heavy (non-hydrogen) atoms. The highest BCUT2D eigenvalue weighted by Gasteiger charge is 2.55. The third-order valence-corrected chi connectivity index (χ3v) is 5.11. The van der Waals surface area contributed by atoms with Crippen LogP contribution >= 0.6 is 11.5 Å². The van der Waals surface area contributed by atoms with Crippen molar-refractivity contribution in [2.75, 3.05) is 0 Å². The van der Waals surface area contributed by atoms with Gasteiger partial charge in [0, 0.05) is 0 Å². The number of hydrogen-bond donors (Lipinski definition) is 0. The van der Waals surface area contributed by atoms with Crippen molar-refractivity contribution < 1.29 is 0 Å². The fraction of sp³-hybridized carbons (Fsp3) is 1.00. The molecule has 2 heteroatoms. The molecule has 0 radical (unpaired) electrons. The van der Waals surface area contributed by atoms with Gasteiger partial charge in [0.25, 0.3) is 0 Å². The molecule has 68 valence electrons. The maximum Gasteiger partial charge on any atom is 0.236 e. The van der Waals surface area contributed by atoms with Crippen LogP contribution in [-0.4, -0.2) is 6.69 Å². The second-order valence-corrected chi connectivity index (χ2v) is 5.68. The van der Waals surface area contributed by atoms with Gasteiger partial charge in [0.2, 0.25) is 6.69 Å². The number of fused-ring (bicyclic) bond motifs is 2. The summed E-state index contributed by atoms with van der Waals surface area (Å²) in [6.07, 6.45) is 2.86. The standard InChI is InChI=1S/C10H18BCl/c1-6-8-4-7(10(8,2)3)5-9(6)11-12/h6-9,11H,4-5H2,1-3H3/t6-,7?,8?,9-/m0/s1. The average Bonchev–Trinajstić information content (AvgIpc) is 2.03. The van der Waals surface area contributed by atoms with E-state index in [2.05, 4.69) is 20.8 Å². The lowest BCUT2D eigenvalue weighted by atomic mass is 9.41. The Kier molecular flexibility index (Phi) is 1.99. The van der Waals surface area contributed by atoms with Crippen molar-refractivity contribution in [1.29, 1.82) is 0 Å². The third-order valence-electron chi connectivity index (χ3n) is 4.71. The highest BCUT2D eigenvalue weighted by atomic mass is 35.5. The Morgan fingerprint density at radius 3 is 2.42 bits per heavy atom. The quantitative estimate of drug-likeness (QED) is 0.550. The molecule has 0 aromatic carbocycles. The summed E-state index contributed by atoms with van der Waals surface area (Å²) in [5.41, 5.74) is 0.627. The Bertz CT molecular complexity index is 190.